The Kier molecular flexibility index (Phi) is 7.07. The molecule has 1 atom stereocenters. The number of benzene rings is 2. The van der Waals surface area contributed by atoms with E-state index in [1.165, 1.54) is 17.3 Å². The molecular formula is C20H22O4S. The molecule has 1 N–H and O–H groups in total. The number of ether oxygens (including phenoxy) is 1. The Hall–Kier alpha value is -2.27. The number of thioether (sulfide) groups is 1. The van der Waals surface area contributed by atoms with Crippen LogP contribution in [0.5, 0.6) is 5.75 Å². The summed E-state index contributed by atoms with van der Waals surface area (Å²) in [6.45, 7) is 4.51. The summed E-state index contributed by atoms with van der Waals surface area (Å²) in [5.74, 6) is -0.476. The monoisotopic (exact) mass is 358 g/mol. The van der Waals surface area contributed by atoms with Crippen LogP contribution in [0.25, 0.3) is 0 Å². The van der Waals surface area contributed by atoms with Gasteiger partial charge in [-0.25, -0.2) is 0 Å². The van der Waals surface area contributed by atoms with Gasteiger partial charge < -0.3 is 9.84 Å². The first-order chi connectivity index (χ1) is 12.0. The van der Waals surface area contributed by atoms with Crippen LogP contribution in [0.4, 0.5) is 0 Å². The van der Waals surface area contributed by atoms with Gasteiger partial charge in [-0.05, 0) is 55.3 Å². The molecule has 0 bridgehead atoms. The zero-order valence-electron chi connectivity index (χ0n) is 14.4. The smallest absolute Gasteiger partial charge is 0.317 e. The molecular weight excluding hydrogens is 336 g/mol. The zero-order chi connectivity index (χ0) is 18.2. The number of aryl methyl sites for hydroxylation is 1. The molecule has 0 aliphatic rings. The van der Waals surface area contributed by atoms with E-state index in [4.69, 9.17) is 4.74 Å². The van der Waals surface area contributed by atoms with E-state index in [-0.39, 0.29) is 12.2 Å². The molecule has 4 nitrogen and oxygen atoms in total. The molecule has 2 aromatic rings. The molecule has 5 heteroatoms. The first-order valence-corrected chi connectivity index (χ1v) is 9.16. The minimum atomic E-state index is -0.983. The van der Waals surface area contributed by atoms with E-state index in [0.29, 0.717) is 17.9 Å². The minimum Gasteiger partial charge on any atom is -0.494 e. The fraction of sp³-hybridized carbons (Fsp3) is 0.300. The fourth-order valence-corrected chi connectivity index (χ4v) is 3.29. The Morgan fingerprint density at radius 1 is 1.04 bits per heavy atom. The molecule has 0 heterocycles. The first kappa shape index (κ1) is 19.1. The number of carbonyl (C=O) groups excluding carboxylic acids is 1. The number of Topliss-reactive ketones (excluding diaryl/α,β-unsaturated/α-hetero) is 1. The van der Waals surface area contributed by atoms with Gasteiger partial charge in [0.2, 0.25) is 0 Å². The Morgan fingerprint density at radius 3 is 2.20 bits per heavy atom. The van der Waals surface area contributed by atoms with E-state index in [2.05, 4.69) is 6.92 Å². The molecule has 0 saturated carbocycles. The molecule has 2 aromatic carbocycles. The summed E-state index contributed by atoms with van der Waals surface area (Å²) in [7, 11) is 0. The summed E-state index contributed by atoms with van der Waals surface area (Å²) in [6.07, 6.45) is 0.882. The van der Waals surface area contributed by atoms with Crippen LogP contribution in [-0.4, -0.2) is 28.7 Å². The van der Waals surface area contributed by atoms with Gasteiger partial charge in [0.1, 0.15) is 11.0 Å². The van der Waals surface area contributed by atoms with Gasteiger partial charge in [0.25, 0.3) is 0 Å². The van der Waals surface area contributed by atoms with Gasteiger partial charge in [0.05, 0.1) is 6.61 Å². The maximum atomic E-state index is 12.4. The second kappa shape index (κ2) is 9.28. The molecule has 0 fully saturated rings. The van der Waals surface area contributed by atoms with Crippen molar-refractivity contribution in [3.05, 3.63) is 59.7 Å². The number of carbonyl (C=O) groups is 2. The number of ketones is 1. The molecule has 1 unspecified atom stereocenters. The predicted molar refractivity (Wildman–Crippen MR) is 99.7 cm³/mol. The Morgan fingerprint density at radius 2 is 1.68 bits per heavy atom. The number of hydrogen-bond acceptors (Lipinski definition) is 4. The SMILES string of the molecule is CCOc1ccc(C(=O)CC(Sc2ccc(CC)cc2)C(=O)O)cc1. The summed E-state index contributed by atoms with van der Waals surface area (Å²) in [5.41, 5.74) is 1.69. The number of aliphatic carboxylic acids is 1. The Balaban J connectivity index is 2.04. The van der Waals surface area contributed by atoms with Crippen molar-refractivity contribution in [1.29, 1.82) is 0 Å². The van der Waals surface area contributed by atoms with E-state index in [9.17, 15) is 14.7 Å². The van der Waals surface area contributed by atoms with Crippen LogP contribution in [0.2, 0.25) is 0 Å². The second-order valence-electron chi connectivity index (χ2n) is 5.53. The van der Waals surface area contributed by atoms with Crippen molar-refractivity contribution in [2.75, 3.05) is 6.61 Å². The lowest BCUT2D eigenvalue weighted by atomic mass is 10.1. The molecule has 0 radical (unpaired) electrons. The van der Waals surface area contributed by atoms with Gasteiger partial charge in [-0.15, -0.1) is 11.8 Å². The summed E-state index contributed by atoms with van der Waals surface area (Å²) in [4.78, 5) is 24.8. The van der Waals surface area contributed by atoms with Crippen LogP contribution in [0.15, 0.2) is 53.4 Å². The van der Waals surface area contributed by atoms with Gasteiger partial charge in [0.15, 0.2) is 5.78 Å². The van der Waals surface area contributed by atoms with Crippen LogP contribution in [0.3, 0.4) is 0 Å². The molecule has 25 heavy (non-hydrogen) atoms. The van der Waals surface area contributed by atoms with Crippen molar-refractivity contribution >= 4 is 23.5 Å². The molecule has 0 spiro atoms. The van der Waals surface area contributed by atoms with Crippen LogP contribution in [0.1, 0.15) is 36.2 Å². The van der Waals surface area contributed by atoms with Crippen LogP contribution in [-0.2, 0) is 11.2 Å². The number of hydrogen-bond donors (Lipinski definition) is 1. The fourth-order valence-electron chi connectivity index (χ4n) is 2.34. The summed E-state index contributed by atoms with van der Waals surface area (Å²) >= 11 is 1.21. The third kappa shape index (κ3) is 5.64. The molecule has 0 amide bonds. The minimum absolute atomic E-state index is 0.0521. The van der Waals surface area contributed by atoms with Crippen LogP contribution < -0.4 is 4.74 Å². The van der Waals surface area contributed by atoms with Crippen molar-refractivity contribution in [2.45, 2.75) is 36.8 Å². The van der Waals surface area contributed by atoms with Crippen molar-refractivity contribution in [1.82, 2.24) is 0 Å². The van der Waals surface area contributed by atoms with Crippen molar-refractivity contribution in [3.63, 3.8) is 0 Å². The quantitative estimate of drug-likeness (QED) is 0.529. The highest BCUT2D eigenvalue weighted by atomic mass is 32.2. The van der Waals surface area contributed by atoms with E-state index in [1.807, 2.05) is 31.2 Å². The summed E-state index contributed by atoms with van der Waals surface area (Å²) in [5, 5.41) is 8.64. The van der Waals surface area contributed by atoms with Gasteiger partial charge >= 0.3 is 5.97 Å². The number of rotatable bonds is 9. The average molecular weight is 358 g/mol. The van der Waals surface area contributed by atoms with E-state index in [0.717, 1.165) is 11.3 Å². The Labute approximate surface area is 152 Å². The van der Waals surface area contributed by atoms with Crippen LogP contribution >= 0.6 is 11.8 Å². The molecule has 132 valence electrons. The molecule has 2 rings (SSSR count). The molecule has 0 aliphatic heterocycles. The maximum Gasteiger partial charge on any atom is 0.317 e. The normalized spacial score (nSPS) is 11.8. The Bertz CT molecular complexity index is 707. The second-order valence-corrected chi connectivity index (χ2v) is 6.80. The topological polar surface area (TPSA) is 63.6 Å². The standard InChI is InChI=1S/C20H22O4S/c1-3-14-5-11-17(12-6-14)25-19(20(22)23)13-18(21)15-7-9-16(10-8-15)24-4-2/h5-12,19H,3-4,13H2,1-2H3,(H,22,23). The molecule has 0 aromatic heterocycles. The van der Waals surface area contributed by atoms with E-state index >= 15 is 0 Å². The largest absolute Gasteiger partial charge is 0.494 e. The van der Waals surface area contributed by atoms with Gasteiger partial charge in [-0.2, -0.15) is 0 Å². The lowest BCUT2D eigenvalue weighted by Gasteiger charge is -2.12. The van der Waals surface area contributed by atoms with Crippen LogP contribution in [0, 0.1) is 0 Å². The first-order valence-electron chi connectivity index (χ1n) is 8.28. The van der Waals surface area contributed by atoms with Gasteiger partial charge in [-0.1, -0.05) is 19.1 Å². The van der Waals surface area contributed by atoms with E-state index in [1.54, 1.807) is 24.3 Å². The highest BCUT2D eigenvalue weighted by Gasteiger charge is 2.23. The highest BCUT2D eigenvalue weighted by Crippen LogP contribution is 2.27. The lowest BCUT2D eigenvalue weighted by molar-refractivity contribution is -0.136. The van der Waals surface area contributed by atoms with Crippen molar-refractivity contribution in [3.8, 4) is 5.75 Å². The number of carboxylic acid groups (broad SMARTS) is 1. The van der Waals surface area contributed by atoms with Gasteiger partial charge in [0, 0.05) is 16.9 Å². The predicted octanol–water partition coefficient (Wildman–Crippen LogP) is 4.47. The number of carboxylic acids is 1. The highest BCUT2D eigenvalue weighted by molar-refractivity contribution is 8.00. The molecule has 0 aliphatic carbocycles. The summed E-state index contributed by atoms with van der Waals surface area (Å²) < 4.78 is 5.35. The van der Waals surface area contributed by atoms with Gasteiger partial charge in [-0.3, -0.25) is 9.59 Å². The lowest BCUT2D eigenvalue weighted by Crippen LogP contribution is -2.20. The zero-order valence-corrected chi connectivity index (χ0v) is 15.2. The maximum absolute atomic E-state index is 12.4. The van der Waals surface area contributed by atoms with Crippen molar-refractivity contribution < 1.29 is 19.4 Å². The third-order valence-electron chi connectivity index (χ3n) is 3.74. The summed E-state index contributed by atoms with van der Waals surface area (Å²) in [6, 6.07) is 14.6. The van der Waals surface area contributed by atoms with E-state index < -0.39 is 11.2 Å². The third-order valence-corrected chi connectivity index (χ3v) is 4.94. The average Bonchev–Trinajstić information content (AvgIpc) is 2.62. The van der Waals surface area contributed by atoms with Crippen molar-refractivity contribution in [2.24, 2.45) is 0 Å². The molecule has 0 saturated heterocycles.